The molecule has 0 aliphatic carbocycles. The summed E-state index contributed by atoms with van der Waals surface area (Å²) in [5.41, 5.74) is 15.7. The maximum atomic E-state index is 5.40. The topological polar surface area (TPSA) is 25.8 Å². The van der Waals surface area contributed by atoms with Crippen LogP contribution in [-0.2, 0) is 0 Å². The highest BCUT2D eigenvalue weighted by atomic mass is 32.1. The molecule has 0 spiro atoms. The molecule has 61 heavy (non-hydrogen) atoms. The van der Waals surface area contributed by atoms with Crippen LogP contribution in [0.5, 0.6) is 0 Å². The van der Waals surface area contributed by atoms with Crippen molar-refractivity contribution in [1.29, 1.82) is 0 Å². The van der Waals surface area contributed by atoms with Gasteiger partial charge in [-0.05, 0) is 96.7 Å². The Hall–Kier alpha value is -7.72. The molecule has 0 fully saturated rings. The molecule has 0 N–H and O–H groups in total. The average molecular weight is 793 g/mol. The van der Waals surface area contributed by atoms with E-state index < -0.39 is 0 Å². The molecule has 0 radical (unpaired) electrons. The van der Waals surface area contributed by atoms with Crippen molar-refractivity contribution < 1.29 is 0 Å². The molecule has 0 aliphatic rings. The number of thiophene rings is 1. The monoisotopic (exact) mass is 792 g/mol. The van der Waals surface area contributed by atoms with Crippen LogP contribution in [0, 0.1) is 0 Å². The molecule has 0 unspecified atom stereocenters. The molecule has 284 valence electrons. The van der Waals surface area contributed by atoms with Crippen molar-refractivity contribution in [3.05, 3.63) is 219 Å². The van der Waals surface area contributed by atoms with E-state index in [9.17, 15) is 0 Å². The summed E-state index contributed by atoms with van der Waals surface area (Å²) < 4.78 is 2.66. The third-order valence-electron chi connectivity index (χ3n) is 12.1. The molecule has 3 heteroatoms. The zero-order valence-electron chi connectivity index (χ0n) is 33.1. The molecule has 0 aliphatic heterocycles. The standard InChI is InChI=1S/C58H36N2S/c1-3-12-37(13-4-1)43-28-30-49-52(34-43)53-35-44(38-14-5-2-6-15-38)29-31-50(53)57-56(49)59-36-54(60-57)46-19-10-17-42(33-46)40-26-24-39(25-27-40)41-16-9-18-45(32-41)47-21-11-22-51-48-20-7-8-23-55(48)61-58(47)51/h1-36H. The first-order chi connectivity index (χ1) is 30.2. The lowest BCUT2D eigenvalue weighted by Gasteiger charge is -2.14. The van der Waals surface area contributed by atoms with E-state index in [1.54, 1.807) is 0 Å². The summed E-state index contributed by atoms with van der Waals surface area (Å²) in [6, 6.07) is 76.6. The van der Waals surface area contributed by atoms with E-state index in [-0.39, 0.29) is 0 Å². The van der Waals surface area contributed by atoms with Crippen LogP contribution in [0.15, 0.2) is 219 Å². The SMILES string of the molecule is c1ccc(-c2ccc3c(c2)c2cc(-c4ccccc4)ccc2c2nc(-c4cccc(-c5ccc(-c6cccc(-c7cccc8c7sc7ccccc78)c6)cc5)c4)cnc32)cc1. The molecule has 2 heterocycles. The van der Waals surface area contributed by atoms with Crippen molar-refractivity contribution in [1.82, 2.24) is 9.97 Å². The van der Waals surface area contributed by atoms with Gasteiger partial charge in [-0.25, -0.2) is 4.98 Å². The van der Waals surface area contributed by atoms with Crippen LogP contribution in [0.3, 0.4) is 0 Å². The summed E-state index contributed by atoms with van der Waals surface area (Å²) in [7, 11) is 0. The van der Waals surface area contributed by atoms with E-state index in [2.05, 4.69) is 212 Å². The van der Waals surface area contributed by atoms with E-state index in [0.717, 1.165) is 44.2 Å². The molecule has 0 saturated carbocycles. The van der Waals surface area contributed by atoms with Gasteiger partial charge < -0.3 is 0 Å². The second-order valence-electron chi connectivity index (χ2n) is 15.7. The molecule has 12 aromatic rings. The van der Waals surface area contributed by atoms with Crippen LogP contribution < -0.4 is 0 Å². The van der Waals surface area contributed by atoms with E-state index in [0.29, 0.717) is 0 Å². The van der Waals surface area contributed by atoms with Gasteiger partial charge in [0.2, 0.25) is 0 Å². The predicted molar refractivity (Wildman–Crippen MR) is 260 cm³/mol. The van der Waals surface area contributed by atoms with Gasteiger partial charge in [0, 0.05) is 36.5 Å². The number of fused-ring (bicyclic) bond motifs is 9. The Bertz CT molecular complexity index is 3630. The van der Waals surface area contributed by atoms with Gasteiger partial charge in [0.15, 0.2) is 0 Å². The lowest BCUT2D eigenvalue weighted by Crippen LogP contribution is -1.93. The molecule has 0 saturated heterocycles. The molecule has 12 rings (SSSR count). The summed E-state index contributed by atoms with van der Waals surface area (Å²) in [5, 5.41) is 7.19. The van der Waals surface area contributed by atoms with E-state index >= 15 is 0 Å². The van der Waals surface area contributed by atoms with Gasteiger partial charge in [-0.1, -0.05) is 182 Å². The predicted octanol–water partition coefficient (Wildman–Crippen LogP) is 16.3. The Morgan fingerprint density at radius 3 is 1.44 bits per heavy atom. The summed E-state index contributed by atoms with van der Waals surface area (Å²) in [5.74, 6) is 0. The third-order valence-corrected chi connectivity index (χ3v) is 13.3. The van der Waals surface area contributed by atoms with Gasteiger partial charge in [-0.3, -0.25) is 4.98 Å². The first kappa shape index (κ1) is 35.2. The lowest BCUT2D eigenvalue weighted by atomic mass is 9.93. The normalized spacial score (nSPS) is 11.6. The quantitative estimate of drug-likeness (QED) is 0.157. The van der Waals surface area contributed by atoms with E-state index in [1.807, 2.05) is 17.5 Å². The summed E-state index contributed by atoms with van der Waals surface area (Å²) in [6.45, 7) is 0. The fourth-order valence-electron chi connectivity index (χ4n) is 9.03. The van der Waals surface area contributed by atoms with Crippen molar-refractivity contribution >= 4 is 64.1 Å². The highest BCUT2D eigenvalue weighted by Crippen LogP contribution is 2.42. The Morgan fingerprint density at radius 1 is 0.295 bits per heavy atom. The smallest absolute Gasteiger partial charge is 0.0979 e. The Morgan fingerprint density at radius 2 is 0.770 bits per heavy atom. The van der Waals surface area contributed by atoms with Crippen LogP contribution in [0.2, 0.25) is 0 Å². The lowest BCUT2D eigenvalue weighted by molar-refractivity contribution is 1.31. The second kappa shape index (κ2) is 14.5. The molecule has 10 aromatic carbocycles. The van der Waals surface area contributed by atoms with Gasteiger partial charge in [0.1, 0.15) is 0 Å². The highest BCUT2D eigenvalue weighted by Gasteiger charge is 2.16. The molecule has 2 aromatic heterocycles. The second-order valence-corrected chi connectivity index (χ2v) is 16.8. The minimum atomic E-state index is 0.852. The van der Waals surface area contributed by atoms with Crippen molar-refractivity contribution in [2.75, 3.05) is 0 Å². The zero-order valence-corrected chi connectivity index (χ0v) is 33.9. The van der Waals surface area contributed by atoms with Crippen LogP contribution in [-0.4, -0.2) is 9.97 Å². The molecular formula is C58H36N2S. The van der Waals surface area contributed by atoms with E-state index in [4.69, 9.17) is 9.97 Å². The maximum absolute atomic E-state index is 5.40. The Balaban J connectivity index is 0.907. The minimum absolute atomic E-state index is 0.852. The number of benzene rings is 10. The van der Waals surface area contributed by atoms with Crippen LogP contribution in [0.4, 0.5) is 0 Å². The van der Waals surface area contributed by atoms with Crippen LogP contribution in [0.1, 0.15) is 0 Å². The Kier molecular flexibility index (Phi) is 8.39. The number of hydrogen-bond acceptors (Lipinski definition) is 3. The van der Waals surface area contributed by atoms with Crippen LogP contribution >= 0.6 is 11.3 Å². The maximum Gasteiger partial charge on any atom is 0.0979 e. The van der Waals surface area contributed by atoms with Crippen molar-refractivity contribution in [3.8, 4) is 66.9 Å². The number of hydrogen-bond donors (Lipinski definition) is 0. The highest BCUT2D eigenvalue weighted by molar-refractivity contribution is 7.26. The molecule has 0 amide bonds. The summed E-state index contributed by atoms with van der Waals surface area (Å²) in [4.78, 5) is 10.6. The van der Waals surface area contributed by atoms with Crippen LogP contribution in [0.25, 0.3) is 120 Å². The largest absolute Gasteiger partial charge is 0.252 e. The number of rotatable bonds is 6. The minimum Gasteiger partial charge on any atom is -0.252 e. The zero-order chi connectivity index (χ0) is 40.3. The van der Waals surface area contributed by atoms with Crippen molar-refractivity contribution in [2.24, 2.45) is 0 Å². The van der Waals surface area contributed by atoms with E-state index in [1.165, 1.54) is 75.5 Å². The molecule has 0 atom stereocenters. The van der Waals surface area contributed by atoms with Gasteiger partial charge >= 0.3 is 0 Å². The average Bonchev–Trinajstić information content (AvgIpc) is 3.73. The fourth-order valence-corrected chi connectivity index (χ4v) is 10.3. The van der Waals surface area contributed by atoms with Gasteiger partial charge in [0.25, 0.3) is 0 Å². The summed E-state index contributed by atoms with van der Waals surface area (Å²) in [6.07, 6.45) is 1.94. The first-order valence-electron chi connectivity index (χ1n) is 20.7. The molecular weight excluding hydrogens is 757 g/mol. The number of nitrogens with zero attached hydrogens (tertiary/aromatic N) is 2. The molecule has 2 nitrogen and oxygen atoms in total. The van der Waals surface area contributed by atoms with Crippen molar-refractivity contribution in [2.45, 2.75) is 0 Å². The number of aromatic nitrogens is 2. The molecule has 0 bridgehead atoms. The Labute approximate surface area is 357 Å². The first-order valence-corrected chi connectivity index (χ1v) is 21.5. The van der Waals surface area contributed by atoms with Gasteiger partial charge in [-0.2, -0.15) is 0 Å². The third kappa shape index (κ3) is 6.18. The fraction of sp³-hybridized carbons (Fsp3) is 0. The van der Waals surface area contributed by atoms with Crippen molar-refractivity contribution in [3.63, 3.8) is 0 Å². The van der Waals surface area contributed by atoms with Gasteiger partial charge in [0.05, 0.1) is 22.9 Å². The van der Waals surface area contributed by atoms with Gasteiger partial charge in [-0.15, -0.1) is 11.3 Å². The summed E-state index contributed by atoms with van der Waals surface area (Å²) >= 11 is 1.88.